The SMILES string of the molecule is COCCSCC(=O)Nc1ccccc1CN(C)C. The molecule has 0 atom stereocenters. The number of rotatable bonds is 8. The fraction of sp³-hybridized carbons (Fsp3) is 0.500. The van der Waals surface area contributed by atoms with Gasteiger partial charge in [0.25, 0.3) is 0 Å². The number of ether oxygens (including phenoxy) is 1. The Morgan fingerprint density at radius 2 is 2.11 bits per heavy atom. The Bertz CT molecular complexity index is 397. The third kappa shape index (κ3) is 6.61. The summed E-state index contributed by atoms with van der Waals surface area (Å²) >= 11 is 1.58. The predicted octanol–water partition coefficient (Wildman–Crippen LogP) is 2.07. The van der Waals surface area contributed by atoms with Crippen molar-refractivity contribution in [3.63, 3.8) is 0 Å². The van der Waals surface area contributed by atoms with Gasteiger partial charge in [-0.3, -0.25) is 4.79 Å². The molecule has 5 heteroatoms. The molecule has 0 fully saturated rings. The van der Waals surface area contributed by atoms with E-state index in [0.717, 1.165) is 23.5 Å². The first kappa shape index (κ1) is 16.0. The molecule has 0 spiro atoms. The Morgan fingerprint density at radius 3 is 2.79 bits per heavy atom. The molecule has 0 heterocycles. The zero-order chi connectivity index (χ0) is 14.1. The van der Waals surface area contributed by atoms with E-state index in [9.17, 15) is 4.79 Å². The number of hydrogen-bond donors (Lipinski definition) is 1. The molecule has 0 saturated heterocycles. The number of benzene rings is 1. The summed E-state index contributed by atoms with van der Waals surface area (Å²) in [6.45, 7) is 1.49. The highest BCUT2D eigenvalue weighted by Gasteiger charge is 2.07. The van der Waals surface area contributed by atoms with Crippen LogP contribution in [0.25, 0.3) is 0 Å². The van der Waals surface area contributed by atoms with Crippen molar-refractivity contribution < 1.29 is 9.53 Å². The Balaban J connectivity index is 2.49. The first-order valence-electron chi connectivity index (χ1n) is 6.22. The molecule has 0 bridgehead atoms. The zero-order valence-corrected chi connectivity index (χ0v) is 12.6. The molecule has 0 saturated carbocycles. The van der Waals surface area contributed by atoms with Gasteiger partial charge in [0.05, 0.1) is 12.4 Å². The van der Waals surface area contributed by atoms with Crippen LogP contribution >= 0.6 is 11.8 Å². The van der Waals surface area contributed by atoms with Gasteiger partial charge in [-0.2, -0.15) is 0 Å². The van der Waals surface area contributed by atoms with E-state index in [2.05, 4.69) is 10.2 Å². The van der Waals surface area contributed by atoms with Crippen LogP contribution in [0.5, 0.6) is 0 Å². The van der Waals surface area contributed by atoms with Crippen LogP contribution in [0.3, 0.4) is 0 Å². The first-order chi connectivity index (χ1) is 9.13. The Kier molecular flexibility index (Phi) is 7.55. The largest absolute Gasteiger partial charge is 0.384 e. The van der Waals surface area contributed by atoms with Crippen molar-refractivity contribution >= 4 is 23.4 Å². The van der Waals surface area contributed by atoms with Gasteiger partial charge in [-0.25, -0.2) is 0 Å². The normalized spacial score (nSPS) is 10.7. The molecule has 0 aliphatic rings. The number of methoxy groups -OCH3 is 1. The van der Waals surface area contributed by atoms with Gasteiger partial charge in [0, 0.05) is 25.1 Å². The summed E-state index contributed by atoms with van der Waals surface area (Å²) in [6.07, 6.45) is 0. The van der Waals surface area contributed by atoms with Crippen LogP contribution in [-0.2, 0) is 16.1 Å². The topological polar surface area (TPSA) is 41.6 Å². The van der Waals surface area contributed by atoms with Crippen LogP contribution in [0, 0.1) is 0 Å². The molecule has 1 aromatic carbocycles. The fourth-order valence-corrected chi connectivity index (χ4v) is 2.30. The van der Waals surface area contributed by atoms with Crippen LogP contribution in [0.1, 0.15) is 5.56 Å². The van der Waals surface area contributed by atoms with Crippen molar-refractivity contribution in [2.24, 2.45) is 0 Å². The molecule has 106 valence electrons. The van der Waals surface area contributed by atoms with Gasteiger partial charge in [0.1, 0.15) is 0 Å². The van der Waals surface area contributed by atoms with E-state index < -0.39 is 0 Å². The van der Waals surface area contributed by atoms with Crippen molar-refractivity contribution in [2.45, 2.75) is 6.54 Å². The average molecular weight is 282 g/mol. The van der Waals surface area contributed by atoms with Gasteiger partial charge in [-0.05, 0) is 25.7 Å². The van der Waals surface area contributed by atoms with Crippen molar-refractivity contribution in [1.82, 2.24) is 4.90 Å². The highest BCUT2D eigenvalue weighted by atomic mass is 32.2. The molecule has 0 aliphatic heterocycles. The monoisotopic (exact) mass is 282 g/mol. The first-order valence-corrected chi connectivity index (χ1v) is 7.38. The van der Waals surface area contributed by atoms with E-state index in [-0.39, 0.29) is 5.91 Å². The molecule has 4 nitrogen and oxygen atoms in total. The molecule has 1 rings (SSSR count). The Morgan fingerprint density at radius 1 is 1.37 bits per heavy atom. The maximum Gasteiger partial charge on any atom is 0.234 e. The molecule has 0 aromatic heterocycles. The number of thioether (sulfide) groups is 1. The van der Waals surface area contributed by atoms with E-state index in [0.29, 0.717) is 12.4 Å². The number of hydrogen-bond acceptors (Lipinski definition) is 4. The zero-order valence-electron chi connectivity index (χ0n) is 11.8. The van der Waals surface area contributed by atoms with E-state index in [1.54, 1.807) is 18.9 Å². The average Bonchev–Trinajstić information content (AvgIpc) is 2.36. The smallest absolute Gasteiger partial charge is 0.234 e. The summed E-state index contributed by atoms with van der Waals surface area (Å²) in [5.41, 5.74) is 2.02. The number of carbonyl (C=O) groups is 1. The number of carbonyl (C=O) groups excluding carboxylic acids is 1. The van der Waals surface area contributed by atoms with Gasteiger partial charge >= 0.3 is 0 Å². The lowest BCUT2D eigenvalue weighted by atomic mass is 10.1. The number of anilines is 1. The summed E-state index contributed by atoms with van der Waals surface area (Å²) in [7, 11) is 5.69. The highest BCUT2D eigenvalue weighted by Crippen LogP contribution is 2.16. The van der Waals surface area contributed by atoms with E-state index in [4.69, 9.17) is 4.74 Å². The van der Waals surface area contributed by atoms with Gasteiger partial charge in [-0.15, -0.1) is 11.8 Å². The minimum atomic E-state index is 0.0345. The van der Waals surface area contributed by atoms with Gasteiger partial charge in [-0.1, -0.05) is 18.2 Å². The lowest BCUT2D eigenvalue weighted by Crippen LogP contribution is -2.18. The second-order valence-electron chi connectivity index (χ2n) is 4.49. The summed E-state index contributed by atoms with van der Waals surface area (Å²) in [5, 5.41) is 2.97. The summed E-state index contributed by atoms with van der Waals surface area (Å²) in [6, 6.07) is 7.90. The fourth-order valence-electron chi connectivity index (χ4n) is 1.61. The van der Waals surface area contributed by atoms with E-state index in [1.807, 2.05) is 38.4 Å². The summed E-state index contributed by atoms with van der Waals surface area (Å²) in [5.74, 6) is 1.33. The lowest BCUT2D eigenvalue weighted by molar-refractivity contribution is -0.113. The number of amides is 1. The summed E-state index contributed by atoms with van der Waals surface area (Å²) in [4.78, 5) is 13.9. The van der Waals surface area contributed by atoms with Gasteiger partial charge < -0.3 is 15.0 Å². The van der Waals surface area contributed by atoms with Crippen molar-refractivity contribution in [2.75, 3.05) is 44.6 Å². The minimum Gasteiger partial charge on any atom is -0.384 e. The van der Waals surface area contributed by atoms with Crippen LogP contribution < -0.4 is 5.32 Å². The molecular formula is C14H22N2O2S. The quantitative estimate of drug-likeness (QED) is 0.741. The van der Waals surface area contributed by atoms with Crippen LogP contribution in [-0.4, -0.2) is 50.1 Å². The third-order valence-electron chi connectivity index (χ3n) is 2.44. The second kappa shape index (κ2) is 8.96. The molecule has 1 amide bonds. The van der Waals surface area contributed by atoms with Crippen molar-refractivity contribution in [3.8, 4) is 0 Å². The van der Waals surface area contributed by atoms with E-state index in [1.165, 1.54) is 0 Å². The van der Waals surface area contributed by atoms with Crippen molar-refractivity contribution in [3.05, 3.63) is 29.8 Å². The molecule has 1 N–H and O–H groups in total. The van der Waals surface area contributed by atoms with Crippen LogP contribution in [0.2, 0.25) is 0 Å². The molecule has 1 aromatic rings. The maximum atomic E-state index is 11.8. The molecule has 0 aliphatic carbocycles. The molecule has 0 unspecified atom stereocenters. The Labute approximate surface area is 119 Å². The minimum absolute atomic E-state index is 0.0345. The van der Waals surface area contributed by atoms with Gasteiger partial charge in [0.2, 0.25) is 5.91 Å². The van der Waals surface area contributed by atoms with Crippen molar-refractivity contribution in [1.29, 1.82) is 0 Å². The number of para-hydroxylation sites is 1. The highest BCUT2D eigenvalue weighted by molar-refractivity contribution is 7.99. The van der Waals surface area contributed by atoms with Crippen LogP contribution in [0.4, 0.5) is 5.69 Å². The van der Waals surface area contributed by atoms with E-state index >= 15 is 0 Å². The van der Waals surface area contributed by atoms with Crippen LogP contribution in [0.15, 0.2) is 24.3 Å². The molecular weight excluding hydrogens is 260 g/mol. The molecule has 19 heavy (non-hydrogen) atoms. The lowest BCUT2D eigenvalue weighted by Gasteiger charge is -2.14. The number of nitrogens with zero attached hydrogens (tertiary/aromatic N) is 1. The standard InChI is InChI=1S/C14H22N2O2S/c1-16(2)10-12-6-4-5-7-13(12)15-14(17)11-19-9-8-18-3/h4-7H,8-11H2,1-3H3,(H,15,17). The molecule has 0 radical (unpaired) electrons. The number of nitrogens with one attached hydrogen (secondary N) is 1. The van der Waals surface area contributed by atoms with Gasteiger partial charge in [0.15, 0.2) is 0 Å². The summed E-state index contributed by atoms with van der Waals surface area (Å²) < 4.78 is 4.95. The Hall–Kier alpha value is -1.04. The predicted molar refractivity (Wildman–Crippen MR) is 81.7 cm³/mol. The maximum absolute atomic E-state index is 11.8. The second-order valence-corrected chi connectivity index (χ2v) is 5.59. The third-order valence-corrected chi connectivity index (χ3v) is 3.36.